The van der Waals surface area contributed by atoms with Crippen LogP contribution in [0.2, 0.25) is 0 Å². The highest BCUT2D eigenvalue weighted by Gasteiger charge is 2.16. The van der Waals surface area contributed by atoms with E-state index in [-0.39, 0.29) is 11.9 Å². The number of amides is 2. The molecule has 1 atom stereocenters. The molecule has 3 N–H and O–H groups in total. The Balaban J connectivity index is 2.16. The molecule has 0 radical (unpaired) electrons. The van der Waals surface area contributed by atoms with Gasteiger partial charge in [-0.05, 0) is 49.2 Å². The van der Waals surface area contributed by atoms with Gasteiger partial charge in [0.15, 0.2) is 0 Å². The highest BCUT2D eigenvalue weighted by Crippen LogP contribution is 2.19. The fraction of sp³-hybridized carbons (Fsp3) is 0.250. The Labute approximate surface area is 128 Å². The normalized spacial score (nSPS) is 11.8. The van der Waals surface area contributed by atoms with Crippen molar-refractivity contribution in [1.82, 2.24) is 15.4 Å². The van der Waals surface area contributed by atoms with Gasteiger partial charge in [0.1, 0.15) is 5.69 Å². The summed E-state index contributed by atoms with van der Waals surface area (Å²) < 4.78 is 1.75. The van der Waals surface area contributed by atoms with E-state index in [2.05, 4.69) is 5.32 Å². The van der Waals surface area contributed by atoms with Crippen LogP contribution in [0.4, 0.5) is 0 Å². The van der Waals surface area contributed by atoms with Gasteiger partial charge < -0.3 is 9.88 Å². The minimum Gasteiger partial charge on any atom is -0.347 e. The van der Waals surface area contributed by atoms with Gasteiger partial charge in [-0.25, -0.2) is 5.48 Å². The number of hydrogen-bond acceptors (Lipinski definition) is 3. The Hall–Kier alpha value is -2.60. The van der Waals surface area contributed by atoms with Gasteiger partial charge >= 0.3 is 0 Å². The molecule has 6 heteroatoms. The molecule has 0 aliphatic carbocycles. The number of benzene rings is 1. The second-order valence-electron chi connectivity index (χ2n) is 5.21. The molecule has 0 saturated heterocycles. The van der Waals surface area contributed by atoms with Crippen LogP contribution < -0.4 is 10.8 Å². The summed E-state index contributed by atoms with van der Waals surface area (Å²) in [6.07, 6.45) is 1.81. The summed E-state index contributed by atoms with van der Waals surface area (Å²) in [4.78, 5) is 23.6. The molecule has 0 aliphatic heterocycles. The molecule has 0 saturated carbocycles. The summed E-state index contributed by atoms with van der Waals surface area (Å²) in [6, 6.07) is 8.42. The molecule has 2 amide bonds. The monoisotopic (exact) mass is 301 g/mol. The first-order chi connectivity index (χ1) is 10.4. The summed E-state index contributed by atoms with van der Waals surface area (Å²) >= 11 is 0. The number of aromatic nitrogens is 1. The van der Waals surface area contributed by atoms with Crippen LogP contribution >= 0.6 is 0 Å². The lowest BCUT2D eigenvalue weighted by molar-refractivity contribution is 0.0706. The molecule has 0 aliphatic rings. The van der Waals surface area contributed by atoms with E-state index in [4.69, 9.17) is 5.21 Å². The van der Waals surface area contributed by atoms with Gasteiger partial charge in [0, 0.05) is 18.8 Å². The lowest BCUT2D eigenvalue weighted by Gasteiger charge is -2.17. The third-order valence-electron chi connectivity index (χ3n) is 3.62. The first kappa shape index (κ1) is 15.8. The lowest BCUT2D eigenvalue weighted by atomic mass is 9.99. The van der Waals surface area contributed by atoms with Crippen molar-refractivity contribution < 1.29 is 14.8 Å². The minimum atomic E-state index is -0.560. The quantitative estimate of drug-likeness (QED) is 0.596. The highest BCUT2D eigenvalue weighted by atomic mass is 16.5. The van der Waals surface area contributed by atoms with Crippen LogP contribution in [0.5, 0.6) is 0 Å². The second kappa shape index (κ2) is 6.44. The van der Waals surface area contributed by atoms with Crippen LogP contribution in [-0.2, 0) is 7.05 Å². The van der Waals surface area contributed by atoms with Crippen LogP contribution in [0, 0.1) is 6.92 Å². The van der Waals surface area contributed by atoms with Crippen LogP contribution in [0.3, 0.4) is 0 Å². The standard InChI is InChI=1S/C16H19N3O3/c1-10-9-12(15(20)18-22)6-7-13(10)11(2)17-16(21)14-5-4-8-19(14)3/h4-9,11,22H,1-3H3,(H,17,21)(H,18,20). The maximum absolute atomic E-state index is 12.2. The largest absolute Gasteiger partial charge is 0.347 e. The van der Waals surface area contributed by atoms with E-state index in [1.165, 1.54) is 0 Å². The molecule has 2 aromatic rings. The zero-order chi connectivity index (χ0) is 16.3. The van der Waals surface area contributed by atoms with Crippen molar-refractivity contribution in [3.8, 4) is 0 Å². The highest BCUT2D eigenvalue weighted by molar-refractivity contribution is 5.94. The van der Waals surface area contributed by atoms with Gasteiger partial charge in [0.25, 0.3) is 11.8 Å². The van der Waals surface area contributed by atoms with Crippen molar-refractivity contribution in [3.63, 3.8) is 0 Å². The number of nitrogens with one attached hydrogen (secondary N) is 2. The molecule has 2 rings (SSSR count). The maximum Gasteiger partial charge on any atom is 0.274 e. The Morgan fingerprint density at radius 1 is 1.23 bits per heavy atom. The Morgan fingerprint density at radius 2 is 1.95 bits per heavy atom. The molecule has 22 heavy (non-hydrogen) atoms. The Kier molecular flexibility index (Phi) is 4.62. The molecule has 6 nitrogen and oxygen atoms in total. The van der Waals surface area contributed by atoms with Crippen LogP contribution in [0.25, 0.3) is 0 Å². The average molecular weight is 301 g/mol. The second-order valence-corrected chi connectivity index (χ2v) is 5.21. The van der Waals surface area contributed by atoms with E-state index in [0.29, 0.717) is 11.3 Å². The number of rotatable bonds is 4. The van der Waals surface area contributed by atoms with Crippen molar-refractivity contribution in [3.05, 3.63) is 58.9 Å². The van der Waals surface area contributed by atoms with Crippen molar-refractivity contribution >= 4 is 11.8 Å². The molecular formula is C16H19N3O3. The Morgan fingerprint density at radius 3 is 2.50 bits per heavy atom. The molecule has 1 aromatic carbocycles. The number of hydrogen-bond donors (Lipinski definition) is 3. The first-order valence-electron chi connectivity index (χ1n) is 6.91. The molecule has 1 unspecified atom stereocenters. The predicted octanol–water partition coefficient (Wildman–Crippen LogP) is 1.94. The van der Waals surface area contributed by atoms with E-state index in [1.54, 1.807) is 34.3 Å². The number of carbonyl (C=O) groups excluding carboxylic acids is 2. The van der Waals surface area contributed by atoms with Gasteiger partial charge in [-0.1, -0.05) is 6.07 Å². The summed E-state index contributed by atoms with van der Waals surface area (Å²) in [7, 11) is 1.81. The topological polar surface area (TPSA) is 83.4 Å². The Bertz CT molecular complexity index is 706. The maximum atomic E-state index is 12.2. The number of hydroxylamine groups is 1. The van der Waals surface area contributed by atoms with Gasteiger partial charge in [-0.15, -0.1) is 0 Å². The van der Waals surface area contributed by atoms with Crippen LogP contribution in [0.15, 0.2) is 36.5 Å². The third kappa shape index (κ3) is 3.17. The van der Waals surface area contributed by atoms with Crippen molar-refractivity contribution in [2.24, 2.45) is 7.05 Å². The fourth-order valence-electron chi connectivity index (χ4n) is 2.41. The van der Waals surface area contributed by atoms with Crippen molar-refractivity contribution in [2.75, 3.05) is 0 Å². The van der Waals surface area contributed by atoms with E-state index >= 15 is 0 Å². The van der Waals surface area contributed by atoms with Gasteiger partial charge in [0.05, 0.1) is 6.04 Å². The first-order valence-corrected chi connectivity index (χ1v) is 6.91. The zero-order valence-electron chi connectivity index (χ0n) is 12.8. The van der Waals surface area contributed by atoms with Gasteiger partial charge in [-0.3, -0.25) is 14.8 Å². The van der Waals surface area contributed by atoms with E-state index in [9.17, 15) is 9.59 Å². The SMILES string of the molecule is Cc1cc(C(=O)NO)ccc1C(C)NC(=O)c1cccn1C. The zero-order valence-corrected chi connectivity index (χ0v) is 12.8. The van der Waals surface area contributed by atoms with Crippen LogP contribution in [-0.4, -0.2) is 21.6 Å². The summed E-state index contributed by atoms with van der Waals surface area (Å²) in [5.41, 5.74) is 4.33. The molecular weight excluding hydrogens is 282 g/mol. The summed E-state index contributed by atoms with van der Waals surface area (Å²) in [5, 5.41) is 11.6. The molecule has 0 fully saturated rings. The predicted molar refractivity (Wildman–Crippen MR) is 81.7 cm³/mol. The number of nitrogens with zero attached hydrogens (tertiary/aromatic N) is 1. The smallest absolute Gasteiger partial charge is 0.274 e. The number of carbonyl (C=O) groups is 2. The molecule has 116 valence electrons. The molecule has 0 bridgehead atoms. The summed E-state index contributed by atoms with van der Waals surface area (Å²) in [5.74, 6) is -0.716. The average Bonchev–Trinajstić information content (AvgIpc) is 2.92. The van der Waals surface area contributed by atoms with Crippen LogP contribution in [0.1, 0.15) is 44.9 Å². The van der Waals surface area contributed by atoms with Gasteiger partial charge in [0.2, 0.25) is 0 Å². The van der Waals surface area contributed by atoms with E-state index < -0.39 is 5.91 Å². The van der Waals surface area contributed by atoms with Crippen molar-refractivity contribution in [2.45, 2.75) is 19.9 Å². The third-order valence-corrected chi connectivity index (χ3v) is 3.62. The molecule has 0 spiro atoms. The molecule has 1 aromatic heterocycles. The van der Waals surface area contributed by atoms with Crippen molar-refractivity contribution in [1.29, 1.82) is 0 Å². The molecule has 1 heterocycles. The lowest BCUT2D eigenvalue weighted by Crippen LogP contribution is -2.28. The van der Waals surface area contributed by atoms with E-state index in [0.717, 1.165) is 11.1 Å². The fourth-order valence-corrected chi connectivity index (χ4v) is 2.41. The number of aryl methyl sites for hydroxylation is 2. The van der Waals surface area contributed by atoms with Gasteiger partial charge in [-0.2, -0.15) is 0 Å². The summed E-state index contributed by atoms with van der Waals surface area (Å²) in [6.45, 7) is 3.74. The van der Waals surface area contributed by atoms with E-state index in [1.807, 2.05) is 33.2 Å². The minimum absolute atomic E-state index is 0.156.